The van der Waals surface area contributed by atoms with Crippen molar-refractivity contribution in [2.24, 2.45) is 0 Å². The average molecular weight is 299 g/mol. The second-order valence-electron chi connectivity index (χ2n) is 5.29. The zero-order chi connectivity index (χ0) is 14.6. The van der Waals surface area contributed by atoms with Gasteiger partial charge in [-0.2, -0.15) is 0 Å². The van der Waals surface area contributed by atoms with Gasteiger partial charge in [0.15, 0.2) is 0 Å². The molecule has 0 spiro atoms. The average Bonchev–Trinajstić information content (AvgIpc) is 2.46. The third-order valence-corrected chi connectivity index (χ3v) is 5.16. The second kappa shape index (κ2) is 6.11. The van der Waals surface area contributed by atoms with Crippen molar-refractivity contribution in [2.75, 3.05) is 13.7 Å². The van der Waals surface area contributed by atoms with Crippen LogP contribution in [0.3, 0.4) is 0 Å². The standard InChI is InChI=1S/C14H21NO4S/c1-19-12-5-7-13(8-6-12)20(17,18)15-11-14(16)9-3-2-4-10-14/h5-8,15-16H,2-4,9-11H2,1H3. The Morgan fingerprint density at radius 3 is 2.35 bits per heavy atom. The molecule has 0 aliphatic heterocycles. The number of nitrogens with one attached hydrogen (secondary N) is 1. The molecule has 0 atom stereocenters. The molecule has 1 aromatic rings. The van der Waals surface area contributed by atoms with Gasteiger partial charge in [-0.05, 0) is 37.1 Å². The molecule has 0 saturated heterocycles. The molecule has 0 unspecified atom stereocenters. The van der Waals surface area contributed by atoms with Crippen LogP contribution in [-0.2, 0) is 10.0 Å². The summed E-state index contributed by atoms with van der Waals surface area (Å²) in [6.07, 6.45) is 4.30. The Kier molecular flexibility index (Phi) is 4.67. The maximum atomic E-state index is 12.2. The number of methoxy groups -OCH3 is 1. The predicted octanol–water partition coefficient (Wildman–Crippen LogP) is 1.67. The lowest BCUT2D eigenvalue weighted by atomic mass is 9.85. The summed E-state index contributed by atoms with van der Waals surface area (Å²) in [6.45, 7) is 0.0708. The minimum Gasteiger partial charge on any atom is -0.497 e. The highest BCUT2D eigenvalue weighted by molar-refractivity contribution is 7.89. The van der Waals surface area contributed by atoms with Gasteiger partial charge in [-0.3, -0.25) is 0 Å². The molecule has 2 N–H and O–H groups in total. The van der Waals surface area contributed by atoms with Crippen molar-refractivity contribution >= 4 is 10.0 Å². The normalized spacial score (nSPS) is 18.7. The summed E-state index contributed by atoms with van der Waals surface area (Å²) < 4.78 is 31.8. The molecular formula is C14H21NO4S. The van der Waals surface area contributed by atoms with Crippen LogP contribution >= 0.6 is 0 Å². The van der Waals surface area contributed by atoms with Crippen LogP contribution in [0.1, 0.15) is 32.1 Å². The van der Waals surface area contributed by atoms with E-state index in [-0.39, 0.29) is 11.4 Å². The molecule has 6 heteroatoms. The zero-order valence-electron chi connectivity index (χ0n) is 11.6. The number of hydrogen-bond acceptors (Lipinski definition) is 4. The molecule has 0 aromatic heterocycles. The van der Waals surface area contributed by atoms with Crippen molar-refractivity contribution in [1.82, 2.24) is 4.72 Å². The summed E-state index contributed by atoms with van der Waals surface area (Å²) in [5, 5.41) is 10.3. The molecule has 0 heterocycles. The highest BCUT2D eigenvalue weighted by Gasteiger charge is 2.30. The molecular weight excluding hydrogens is 278 g/mol. The van der Waals surface area contributed by atoms with E-state index >= 15 is 0 Å². The summed E-state index contributed by atoms with van der Waals surface area (Å²) in [7, 11) is -2.06. The largest absolute Gasteiger partial charge is 0.497 e. The molecule has 0 amide bonds. The van der Waals surface area contributed by atoms with Gasteiger partial charge in [-0.25, -0.2) is 13.1 Å². The molecule has 2 rings (SSSR count). The van der Waals surface area contributed by atoms with E-state index in [0.29, 0.717) is 18.6 Å². The number of ether oxygens (including phenoxy) is 1. The van der Waals surface area contributed by atoms with Gasteiger partial charge in [0.1, 0.15) is 5.75 Å². The molecule has 1 aromatic carbocycles. The van der Waals surface area contributed by atoms with E-state index in [1.165, 1.54) is 19.2 Å². The minimum atomic E-state index is -3.59. The Bertz CT molecular complexity index is 533. The van der Waals surface area contributed by atoms with Gasteiger partial charge < -0.3 is 9.84 Å². The summed E-state index contributed by atoms with van der Waals surface area (Å²) >= 11 is 0. The molecule has 1 fully saturated rings. The third kappa shape index (κ3) is 3.71. The van der Waals surface area contributed by atoms with E-state index in [1.54, 1.807) is 12.1 Å². The van der Waals surface area contributed by atoms with E-state index in [2.05, 4.69) is 4.72 Å². The van der Waals surface area contributed by atoms with E-state index in [0.717, 1.165) is 19.3 Å². The molecule has 1 aliphatic rings. The zero-order valence-corrected chi connectivity index (χ0v) is 12.4. The van der Waals surface area contributed by atoms with Crippen LogP contribution in [0.15, 0.2) is 29.2 Å². The van der Waals surface area contributed by atoms with Gasteiger partial charge in [-0.15, -0.1) is 0 Å². The molecule has 112 valence electrons. The lowest BCUT2D eigenvalue weighted by Gasteiger charge is -2.32. The van der Waals surface area contributed by atoms with Crippen molar-refractivity contribution in [3.05, 3.63) is 24.3 Å². The lowest BCUT2D eigenvalue weighted by Crippen LogP contribution is -2.44. The van der Waals surface area contributed by atoms with E-state index in [9.17, 15) is 13.5 Å². The maximum absolute atomic E-state index is 12.2. The Balaban J connectivity index is 2.02. The van der Waals surface area contributed by atoms with Crippen molar-refractivity contribution in [2.45, 2.75) is 42.6 Å². The van der Waals surface area contributed by atoms with Gasteiger partial charge in [0.2, 0.25) is 10.0 Å². The van der Waals surface area contributed by atoms with Gasteiger partial charge >= 0.3 is 0 Å². The van der Waals surface area contributed by atoms with Crippen LogP contribution in [0.4, 0.5) is 0 Å². The Hall–Kier alpha value is -1.11. The summed E-state index contributed by atoms with van der Waals surface area (Å²) in [6, 6.07) is 6.19. The third-order valence-electron chi connectivity index (χ3n) is 3.75. The molecule has 20 heavy (non-hydrogen) atoms. The smallest absolute Gasteiger partial charge is 0.240 e. The Morgan fingerprint density at radius 1 is 1.20 bits per heavy atom. The molecule has 0 bridgehead atoms. The highest BCUT2D eigenvalue weighted by atomic mass is 32.2. The van der Waals surface area contributed by atoms with Gasteiger partial charge in [0.25, 0.3) is 0 Å². The van der Waals surface area contributed by atoms with Crippen molar-refractivity contribution in [1.29, 1.82) is 0 Å². The highest BCUT2D eigenvalue weighted by Crippen LogP contribution is 2.27. The maximum Gasteiger partial charge on any atom is 0.240 e. The lowest BCUT2D eigenvalue weighted by molar-refractivity contribution is 0.00945. The summed E-state index contributed by atoms with van der Waals surface area (Å²) in [4.78, 5) is 0.178. The van der Waals surface area contributed by atoms with Crippen LogP contribution in [-0.4, -0.2) is 32.8 Å². The monoisotopic (exact) mass is 299 g/mol. The fourth-order valence-electron chi connectivity index (χ4n) is 2.45. The fraction of sp³-hybridized carbons (Fsp3) is 0.571. The van der Waals surface area contributed by atoms with Gasteiger partial charge in [0, 0.05) is 6.54 Å². The molecule has 5 nitrogen and oxygen atoms in total. The first-order valence-electron chi connectivity index (χ1n) is 6.81. The van der Waals surface area contributed by atoms with Gasteiger partial charge in [-0.1, -0.05) is 19.3 Å². The predicted molar refractivity (Wildman–Crippen MR) is 76.2 cm³/mol. The number of sulfonamides is 1. The first-order chi connectivity index (χ1) is 9.45. The van der Waals surface area contributed by atoms with Crippen LogP contribution < -0.4 is 9.46 Å². The van der Waals surface area contributed by atoms with Crippen LogP contribution in [0.2, 0.25) is 0 Å². The Morgan fingerprint density at radius 2 is 1.80 bits per heavy atom. The molecule has 0 radical (unpaired) electrons. The first-order valence-corrected chi connectivity index (χ1v) is 8.30. The molecule has 1 saturated carbocycles. The second-order valence-corrected chi connectivity index (χ2v) is 7.05. The van der Waals surface area contributed by atoms with Crippen molar-refractivity contribution in [3.8, 4) is 5.75 Å². The van der Waals surface area contributed by atoms with Crippen LogP contribution in [0.25, 0.3) is 0 Å². The van der Waals surface area contributed by atoms with E-state index < -0.39 is 15.6 Å². The number of benzene rings is 1. The number of rotatable bonds is 5. The van der Waals surface area contributed by atoms with Gasteiger partial charge in [0.05, 0.1) is 17.6 Å². The van der Waals surface area contributed by atoms with E-state index in [4.69, 9.17) is 4.74 Å². The Labute approximate surface area is 120 Å². The fourth-order valence-corrected chi connectivity index (χ4v) is 3.57. The van der Waals surface area contributed by atoms with Crippen LogP contribution in [0.5, 0.6) is 5.75 Å². The first kappa shape index (κ1) is 15.3. The minimum absolute atomic E-state index is 0.0708. The summed E-state index contributed by atoms with van der Waals surface area (Å²) in [5.74, 6) is 0.606. The van der Waals surface area contributed by atoms with Crippen LogP contribution in [0, 0.1) is 0 Å². The SMILES string of the molecule is COc1ccc(S(=O)(=O)NCC2(O)CCCCC2)cc1. The van der Waals surface area contributed by atoms with Crippen molar-refractivity contribution in [3.63, 3.8) is 0 Å². The number of aliphatic hydroxyl groups is 1. The topological polar surface area (TPSA) is 75.6 Å². The number of hydrogen-bond donors (Lipinski definition) is 2. The quantitative estimate of drug-likeness (QED) is 0.867. The molecule has 1 aliphatic carbocycles. The van der Waals surface area contributed by atoms with E-state index in [1.807, 2.05) is 0 Å². The van der Waals surface area contributed by atoms with Crippen molar-refractivity contribution < 1.29 is 18.3 Å². The summed E-state index contributed by atoms with van der Waals surface area (Å²) in [5.41, 5.74) is -0.905.